The van der Waals surface area contributed by atoms with Gasteiger partial charge in [-0.25, -0.2) is 0 Å². The summed E-state index contributed by atoms with van der Waals surface area (Å²) in [6.07, 6.45) is 6.19. The van der Waals surface area contributed by atoms with Crippen molar-refractivity contribution in [3.8, 4) is 0 Å². The van der Waals surface area contributed by atoms with Gasteiger partial charge in [0.15, 0.2) is 0 Å². The van der Waals surface area contributed by atoms with Crippen molar-refractivity contribution in [2.45, 2.75) is 25.8 Å². The number of aromatic nitrogens is 1. The highest BCUT2D eigenvalue weighted by molar-refractivity contribution is 5.92. The van der Waals surface area contributed by atoms with Crippen molar-refractivity contribution in [2.75, 3.05) is 29.9 Å². The number of hydrogen-bond donors (Lipinski definition) is 2. The molecule has 1 aliphatic heterocycles. The first kappa shape index (κ1) is 18.4. The molecule has 0 bridgehead atoms. The van der Waals surface area contributed by atoms with E-state index in [4.69, 9.17) is 0 Å². The molecule has 0 spiro atoms. The number of nitrogens with zero attached hydrogens (tertiary/aromatic N) is 2. The summed E-state index contributed by atoms with van der Waals surface area (Å²) < 4.78 is 0. The molecule has 1 saturated heterocycles. The Labute approximate surface area is 165 Å². The smallest absolute Gasteiger partial charge is 0.238 e. The summed E-state index contributed by atoms with van der Waals surface area (Å²) >= 11 is 0. The SMILES string of the molecule is C[C@H](NCC(=O)Nc1ccc(N2CCCC2)cc1)c1cccc2cnccc12. The quantitative estimate of drug-likeness (QED) is 0.681. The van der Waals surface area contributed by atoms with Crippen molar-refractivity contribution in [2.24, 2.45) is 0 Å². The molecule has 0 aliphatic carbocycles. The fourth-order valence-electron chi connectivity index (χ4n) is 3.82. The molecule has 144 valence electrons. The monoisotopic (exact) mass is 374 g/mol. The van der Waals surface area contributed by atoms with Crippen LogP contribution >= 0.6 is 0 Å². The normalized spacial score (nSPS) is 15.0. The van der Waals surface area contributed by atoms with Crippen molar-refractivity contribution in [1.82, 2.24) is 10.3 Å². The van der Waals surface area contributed by atoms with Crippen LogP contribution in [0.3, 0.4) is 0 Å². The van der Waals surface area contributed by atoms with Crippen molar-refractivity contribution >= 4 is 28.1 Å². The molecule has 0 saturated carbocycles. The molecular formula is C23H26N4O. The van der Waals surface area contributed by atoms with Crippen LogP contribution in [0.5, 0.6) is 0 Å². The van der Waals surface area contributed by atoms with Crippen LogP contribution in [0.1, 0.15) is 31.4 Å². The van der Waals surface area contributed by atoms with E-state index >= 15 is 0 Å². The van der Waals surface area contributed by atoms with Crippen molar-refractivity contribution in [1.29, 1.82) is 0 Å². The molecule has 1 atom stereocenters. The lowest BCUT2D eigenvalue weighted by molar-refractivity contribution is -0.115. The van der Waals surface area contributed by atoms with Gasteiger partial charge in [0.1, 0.15) is 0 Å². The Balaban J connectivity index is 1.33. The van der Waals surface area contributed by atoms with Crippen LogP contribution in [-0.2, 0) is 4.79 Å². The number of pyridine rings is 1. The lowest BCUT2D eigenvalue weighted by Crippen LogP contribution is -2.30. The zero-order chi connectivity index (χ0) is 19.3. The predicted molar refractivity (Wildman–Crippen MR) is 115 cm³/mol. The van der Waals surface area contributed by atoms with Gasteiger partial charge >= 0.3 is 0 Å². The summed E-state index contributed by atoms with van der Waals surface area (Å²) in [5.41, 5.74) is 3.23. The number of fused-ring (bicyclic) bond motifs is 1. The van der Waals surface area contributed by atoms with Gasteiger partial charge in [0.05, 0.1) is 6.54 Å². The van der Waals surface area contributed by atoms with E-state index in [0.717, 1.165) is 29.5 Å². The highest BCUT2D eigenvalue weighted by Crippen LogP contribution is 2.24. The van der Waals surface area contributed by atoms with E-state index in [1.54, 1.807) is 6.20 Å². The molecule has 5 nitrogen and oxygen atoms in total. The minimum atomic E-state index is -0.0392. The highest BCUT2D eigenvalue weighted by Gasteiger charge is 2.13. The molecule has 0 unspecified atom stereocenters. The molecule has 0 radical (unpaired) electrons. The Hall–Kier alpha value is -2.92. The number of rotatable bonds is 6. The van der Waals surface area contributed by atoms with Crippen LogP contribution in [0.2, 0.25) is 0 Å². The van der Waals surface area contributed by atoms with Crippen LogP contribution in [0.15, 0.2) is 60.9 Å². The van der Waals surface area contributed by atoms with Gasteiger partial charge in [-0.3, -0.25) is 9.78 Å². The number of anilines is 2. The molecule has 1 fully saturated rings. The van der Waals surface area contributed by atoms with E-state index in [1.807, 2.05) is 30.5 Å². The van der Waals surface area contributed by atoms with Crippen molar-refractivity contribution in [3.63, 3.8) is 0 Å². The van der Waals surface area contributed by atoms with Gasteiger partial charge in [-0.05, 0) is 61.0 Å². The number of nitrogens with one attached hydrogen (secondary N) is 2. The fraction of sp³-hybridized carbons (Fsp3) is 0.304. The summed E-state index contributed by atoms with van der Waals surface area (Å²) in [4.78, 5) is 18.9. The van der Waals surface area contributed by atoms with E-state index in [1.165, 1.54) is 24.1 Å². The average Bonchev–Trinajstić information content (AvgIpc) is 3.27. The Morgan fingerprint density at radius 3 is 2.68 bits per heavy atom. The van der Waals surface area contributed by atoms with Gasteiger partial charge in [0.25, 0.3) is 0 Å². The third-order valence-corrected chi connectivity index (χ3v) is 5.37. The van der Waals surface area contributed by atoms with Gasteiger partial charge in [0, 0.05) is 48.3 Å². The van der Waals surface area contributed by atoms with Gasteiger partial charge < -0.3 is 15.5 Å². The van der Waals surface area contributed by atoms with Crippen molar-refractivity contribution in [3.05, 3.63) is 66.5 Å². The topological polar surface area (TPSA) is 57.3 Å². The van der Waals surface area contributed by atoms with E-state index in [2.05, 4.69) is 51.7 Å². The second kappa shape index (κ2) is 8.40. The predicted octanol–water partition coefficient (Wildman–Crippen LogP) is 4.12. The number of carbonyl (C=O) groups is 1. The minimum absolute atomic E-state index is 0.0392. The Kier molecular flexibility index (Phi) is 5.53. The maximum absolute atomic E-state index is 12.4. The van der Waals surface area contributed by atoms with E-state index < -0.39 is 0 Å². The van der Waals surface area contributed by atoms with Crippen LogP contribution in [0.4, 0.5) is 11.4 Å². The van der Waals surface area contributed by atoms with Crippen LogP contribution in [0, 0.1) is 0 Å². The molecule has 5 heteroatoms. The number of hydrogen-bond acceptors (Lipinski definition) is 4. The van der Waals surface area contributed by atoms with E-state index in [9.17, 15) is 4.79 Å². The number of carbonyl (C=O) groups excluding carboxylic acids is 1. The molecule has 4 rings (SSSR count). The van der Waals surface area contributed by atoms with Crippen LogP contribution in [0.25, 0.3) is 10.8 Å². The molecule has 28 heavy (non-hydrogen) atoms. The molecule has 2 heterocycles. The summed E-state index contributed by atoms with van der Waals surface area (Å²) in [6, 6.07) is 16.4. The molecule has 2 aromatic carbocycles. The minimum Gasteiger partial charge on any atom is -0.372 e. The Morgan fingerprint density at radius 2 is 1.89 bits per heavy atom. The van der Waals surface area contributed by atoms with Gasteiger partial charge in [-0.15, -0.1) is 0 Å². The van der Waals surface area contributed by atoms with Crippen molar-refractivity contribution < 1.29 is 4.79 Å². The number of amides is 1. The Morgan fingerprint density at radius 1 is 1.11 bits per heavy atom. The molecule has 3 aromatic rings. The summed E-state index contributed by atoms with van der Waals surface area (Å²) in [7, 11) is 0. The summed E-state index contributed by atoms with van der Waals surface area (Å²) in [6.45, 7) is 4.58. The Bertz CT molecular complexity index is 943. The van der Waals surface area contributed by atoms with Crippen LogP contribution < -0.4 is 15.5 Å². The van der Waals surface area contributed by atoms with E-state index in [-0.39, 0.29) is 18.5 Å². The van der Waals surface area contributed by atoms with E-state index in [0.29, 0.717) is 0 Å². The molecule has 1 amide bonds. The second-order valence-corrected chi connectivity index (χ2v) is 7.34. The molecule has 2 N–H and O–H groups in total. The molecular weight excluding hydrogens is 348 g/mol. The molecule has 1 aromatic heterocycles. The fourth-order valence-corrected chi connectivity index (χ4v) is 3.82. The van der Waals surface area contributed by atoms with Gasteiger partial charge in [-0.1, -0.05) is 18.2 Å². The lowest BCUT2D eigenvalue weighted by Gasteiger charge is -2.18. The summed E-state index contributed by atoms with van der Waals surface area (Å²) in [5, 5.41) is 8.57. The first-order chi connectivity index (χ1) is 13.7. The standard InChI is InChI=1S/C23H26N4O/c1-17(21-6-4-5-18-15-24-12-11-22(18)21)25-16-23(28)26-19-7-9-20(10-8-19)27-13-2-3-14-27/h4-12,15,17,25H,2-3,13-14,16H2,1H3,(H,26,28)/t17-/m0/s1. The first-order valence-electron chi connectivity index (χ1n) is 9.91. The second-order valence-electron chi connectivity index (χ2n) is 7.34. The third-order valence-electron chi connectivity index (χ3n) is 5.37. The largest absolute Gasteiger partial charge is 0.372 e. The zero-order valence-corrected chi connectivity index (χ0v) is 16.2. The zero-order valence-electron chi connectivity index (χ0n) is 16.2. The highest BCUT2D eigenvalue weighted by atomic mass is 16.1. The van der Waals surface area contributed by atoms with Gasteiger partial charge in [0.2, 0.25) is 5.91 Å². The lowest BCUT2D eigenvalue weighted by atomic mass is 10.0. The third kappa shape index (κ3) is 4.15. The first-order valence-corrected chi connectivity index (χ1v) is 9.91. The molecule has 1 aliphatic rings. The maximum atomic E-state index is 12.4. The average molecular weight is 374 g/mol. The maximum Gasteiger partial charge on any atom is 0.238 e. The summed E-state index contributed by atoms with van der Waals surface area (Å²) in [5.74, 6) is -0.0392. The van der Waals surface area contributed by atoms with Crippen LogP contribution in [-0.4, -0.2) is 30.5 Å². The van der Waals surface area contributed by atoms with Gasteiger partial charge in [-0.2, -0.15) is 0 Å². The number of benzene rings is 2.